The molecule has 17 nitrogen and oxygen atoms in total. The maximum absolute atomic E-state index is 13.1. The van der Waals surface area contributed by atoms with Crippen LogP contribution in [0.4, 0.5) is 0 Å². The van der Waals surface area contributed by atoms with Crippen LogP contribution in [-0.2, 0) is 38.4 Å². The van der Waals surface area contributed by atoms with Crippen molar-refractivity contribution in [2.24, 2.45) is 17.2 Å². The first-order valence-electron chi connectivity index (χ1n) is 13.3. The molecule has 2 saturated heterocycles. The van der Waals surface area contributed by atoms with Crippen LogP contribution in [-0.4, -0.2) is 113 Å². The molecule has 228 valence electrons. The summed E-state index contributed by atoms with van der Waals surface area (Å²) in [7, 11) is 0. The van der Waals surface area contributed by atoms with Gasteiger partial charge in [0.1, 0.15) is 18.1 Å². The molecule has 2 heterocycles. The molecule has 0 unspecified atom stereocenters. The van der Waals surface area contributed by atoms with Gasteiger partial charge in [0.05, 0.1) is 19.1 Å². The lowest BCUT2D eigenvalue weighted by molar-refractivity contribution is -0.148. The number of rotatable bonds is 15. The van der Waals surface area contributed by atoms with Gasteiger partial charge in [-0.3, -0.25) is 33.6 Å². The number of primary amides is 2. The van der Waals surface area contributed by atoms with E-state index in [4.69, 9.17) is 17.2 Å². The van der Waals surface area contributed by atoms with Crippen molar-refractivity contribution in [1.82, 2.24) is 25.8 Å². The van der Waals surface area contributed by atoms with Gasteiger partial charge in [0.25, 0.3) is 0 Å². The highest BCUT2D eigenvalue weighted by atomic mass is 16.4. The molecular weight excluding hydrogens is 544 g/mol. The first kappa shape index (κ1) is 32.9. The van der Waals surface area contributed by atoms with Crippen LogP contribution >= 0.6 is 0 Å². The number of hydrogen-bond acceptors (Lipinski definition) is 9. The third kappa shape index (κ3) is 10.0. The number of nitrogens with zero attached hydrogens (tertiary/aromatic N) is 2. The zero-order valence-electron chi connectivity index (χ0n) is 22.6. The maximum atomic E-state index is 13.1. The van der Waals surface area contributed by atoms with Gasteiger partial charge in [0.2, 0.25) is 41.4 Å². The smallest absolute Gasteiger partial charge is 0.326 e. The number of amides is 7. The number of carboxylic acid groups (broad SMARTS) is 1. The molecular formula is C24H38N8O9. The Morgan fingerprint density at radius 1 is 0.756 bits per heavy atom. The molecule has 0 bridgehead atoms. The van der Waals surface area contributed by atoms with Gasteiger partial charge < -0.3 is 48.1 Å². The third-order valence-electron chi connectivity index (χ3n) is 6.91. The Bertz CT molecular complexity index is 1050. The van der Waals surface area contributed by atoms with Crippen LogP contribution < -0.4 is 33.2 Å². The second-order valence-electron chi connectivity index (χ2n) is 9.94. The normalized spacial score (nSPS) is 19.6. The summed E-state index contributed by atoms with van der Waals surface area (Å²) in [6.07, 6.45) is 1.03. The highest BCUT2D eigenvalue weighted by Crippen LogP contribution is 2.19. The molecule has 0 saturated carbocycles. The van der Waals surface area contributed by atoms with E-state index in [9.17, 15) is 43.5 Å². The summed E-state index contributed by atoms with van der Waals surface area (Å²) < 4.78 is 0. The van der Waals surface area contributed by atoms with E-state index in [1.54, 1.807) is 0 Å². The molecule has 0 aromatic heterocycles. The lowest BCUT2D eigenvalue weighted by Gasteiger charge is -2.27. The van der Waals surface area contributed by atoms with Crippen LogP contribution in [0.15, 0.2) is 0 Å². The molecule has 0 aromatic rings. The fraction of sp³-hybridized carbons (Fsp3) is 0.667. The number of aliphatic carboxylic acids is 1. The zero-order chi connectivity index (χ0) is 30.7. The predicted octanol–water partition coefficient (Wildman–Crippen LogP) is -4.37. The summed E-state index contributed by atoms with van der Waals surface area (Å²) in [4.78, 5) is 99.3. The lowest BCUT2D eigenvalue weighted by atomic mass is 10.1. The van der Waals surface area contributed by atoms with Crippen LogP contribution in [0.5, 0.6) is 0 Å². The minimum atomic E-state index is -1.27. The van der Waals surface area contributed by atoms with Crippen LogP contribution in [0.25, 0.3) is 0 Å². The number of carboxylic acids is 1. The van der Waals surface area contributed by atoms with Crippen LogP contribution in [0.2, 0.25) is 0 Å². The first-order chi connectivity index (χ1) is 19.3. The summed E-state index contributed by atoms with van der Waals surface area (Å²) in [6.45, 7) is -0.512. The minimum absolute atomic E-state index is 0.00261. The van der Waals surface area contributed by atoms with Crippen molar-refractivity contribution in [3.8, 4) is 0 Å². The largest absolute Gasteiger partial charge is 0.480 e. The molecule has 10 N–H and O–H groups in total. The Morgan fingerprint density at radius 3 is 1.78 bits per heavy atom. The standard InChI is InChI=1S/C24H38N8O9/c25-13(5-7-17(26)33)21(37)28-11-19(35)31-9-1-3-15(31)23(39)30-14(6-8-18(27)34)22(38)29-12-20(36)32-10-2-4-16(32)24(40)41/h13-16H,1-12,25H2,(H2,26,33)(H2,27,34)(H,28,37)(H,29,38)(H,30,39)(H,40,41)/t13-,14-,15-,16-/m0/s1. The van der Waals surface area contributed by atoms with Gasteiger partial charge >= 0.3 is 5.97 Å². The Kier molecular flexibility index (Phi) is 12.4. The SMILES string of the molecule is NC(=O)CC[C@H](NC(=O)[C@@H]1CCCN1C(=O)CNC(=O)[C@@H](N)CCC(N)=O)C(=O)NCC(=O)N1CCC[C@H]1C(=O)O. The van der Waals surface area contributed by atoms with Crippen molar-refractivity contribution in [2.75, 3.05) is 26.2 Å². The summed E-state index contributed by atoms with van der Waals surface area (Å²) in [5, 5.41) is 16.5. The van der Waals surface area contributed by atoms with Crippen molar-refractivity contribution >= 4 is 47.3 Å². The van der Waals surface area contributed by atoms with E-state index in [2.05, 4.69) is 16.0 Å². The predicted molar refractivity (Wildman–Crippen MR) is 140 cm³/mol. The van der Waals surface area contributed by atoms with Gasteiger partial charge in [-0.2, -0.15) is 0 Å². The lowest BCUT2D eigenvalue weighted by Crippen LogP contribution is -2.55. The number of carbonyl (C=O) groups excluding carboxylic acids is 7. The average Bonchev–Trinajstić information content (AvgIpc) is 3.61. The molecule has 0 aromatic carbocycles. The van der Waals surface area contributed by atoms with Crippen LogP contribution in [0.1, 0.15) is 51.4 Å². The summed E-state index contributed by atoms with van der Waals surface area (Å²) in [5.74, 6) is -5.79. The van der Waals surface area contributed by atoms with Crippen molar-refractivity contribution in [1.29, 1.82) is 0 Å². The Labute approximate surface area is 235 Å². The molecule has 41 heavy (non-hydrogen) atoms. The maximum Gasteiger partial charge on any atom is 0.326 e. The average molecular weight is 583 g/mol. The van der Waals surface area contributed by atoms with Gasteiger partial charge in [-0.25, -0.2) is 4.79 Å². The minimum Gasteiger partial charge on any atom is -0.480 e. The molecule has 2 aliphatic heterocycles. The molecule has 2 aliphatic rings. The van der Waals surface area contributed by atoms with E-state index in [0.717, 1.165) is 4.90 Å². The van der Waals surface area contributed by atoms with E-state index in [0.29, 0.717) is 19.3 Å². The Morgan fingerprint density at radius 2 is 1.24 bits per heavy atom. The van der Waals surface area contributed by atoms with E-state index in [1.165, 1.54) is 4.90 Å². The van der Waals surface area contributed by atoms with Crippen molar-refractivity contribution in [3.63, 3.8) is 0 Å². The topological polar surface area (TPSA) is 277 Å². The van der Waals surface area contributed by atoms with Crippen LogP contribution in [0.3, 0.4) is 0 Å². The molecule has 7 amide bonds. The van der Waals surface area contributed by atoms with E-state index in [1.807, 2.05) is 0 Å². The summed E-state index contributed by atoms with van der Waals surface area (Å²) in [5.41, 5.74) is 15.9. The van der Waals surface area contributed by atoms with E-state index in [-0.39, 0.29) is 45.2 Å². The highest BCUT2D eigenvalue weighted by Gasteiger charge is 2.37. The second-order valence-corrected chi connectivity index (χ2v) is 9.94. The second kappa shape index (κ2) is 15.5. The molecule has 0 spiro atoms. The number of nitrogens with two attached hydrogens (primary N) is 3. The monoisotopic (exact) mass is 582 g/mol. The van der Waals surface area contributed by atoms with E-state index < -0.39 is 84.6 Å². The molecule has 2 rings (SSSR count). The number of hydrogen-bond donors (Lipinski definition) is 7. The fourth-order valence-corrected chi connectivity index (χ4v) is 4.69. The summed E-state index contributed by atoms with van der Waals surface area (Å²) in [6, 6.07) is -4.26. The van der Waals surface area contributed by atoms with Gasteiger partial charge in [-0.1, -0.05) is 0 Å². The Balaban J connectivity index is 1.96. The molecule has 4 atom stereocenters. The molecule has 17 heteroatoms. The quantitative estimate of drug-likeness (QED) is 0.0973. The Hall–Kier alpha value is -4.28. The van der Waals surface area contributed by atoms with E-state index >= 15 is 0 Å². The highest BCUT2D eigenvalue weighted by molar-refractivity contribution is 5.95. The van der Waals surface area contributed by atoms with Crippen LogP contribution in [0, 0.1) is 0 Å². The molecule has 0 radical (unpaired) electrons. The third-order valence-corrected chi connectivity index (χ3v) is 6.91. The first-order valence-corrected chi connectivity index (χ1v) is 13.3. The van der Waals surface area contributed by atoms with Gasteiger partial charge in [-0.15, -0.1) is 0 Å². The number of carbonyl (C=O) groups is 8. The fourth-order valence-electron chi connectivity index (χ4n) is 4.69. The number of likely N-dealkylation sites (tertiary alicyclic amines) is 2. The number of nitrogens with one attached hydrogen (secondary N) is 3. The summed E-state index contributed by atoms with van der Waals surface area (Å²) >= 11 is 0. The van der Waals surface area contributed by atoms with Crippen molar-refractivity contribution in [2.45, 2.75) is 75.5 Å². The molecule has 0 aliphatic carbocycles. The van der Waals surface area contributed by atoms with Crippen molar-refractivity contribution < 1.29 is 43.5 Å². The van der Waals surface area contributed by atoms with Crippen molar-refractivity contribution in [3.05, 3.63) is 0 Å². The zero-order valence-corrected chi connectivity index (χ0v) is 22.6. The van der Waals surface area contributed by atoms with Gasteiger partial charge in [0, 0.05) is 25.9 Å². The van der Waals surface area contributed by atoms with Gasteiger partial charge in [-0.05, 0) is 38.5 Å². The molecule has 2 fully saturated rings. The van der Waals surface area contributed by atoms with Gasteiger partial charge in [0.15, 0.2) is 0 Å².